The zero-order valence-electron chi connectivity index (χ0n) is 9.76. The van der Waals surface area contributed by atoms with Crippen molar-refractivity contribution in [3.05, 3.63) is 17.3 Å². The van der Waals surface area contributed by atoms with Gasteiger partial charge in [-0.15, -0.1) is 0 Å². The van der Waals surface area contributed by atoms with Crippen LogP contribution in [0.1, 0.15) is 32.0 Å². The van der Waals surface area contributed by atoms with Crippen molar-refractivity contribution in [2.24, 2.45) is 0 Å². The standard InChI is InChI=1S/C12H17NO2/c1-8-7-9(12(2,3)4)13-11-10(8)14-5-6-15-11/h7H,5-6H2,1-4H3. The van der Waals surface area contributed by atoms with E-state index in [2.05, 4.69) is 31.8 Å². The van der Waals surface area contributed by atoms with Gasteiger partial charge < -0.3 is 9.47 Å². The maximum absolute atomic E-state index is 5.53. The van der Waals surface area contributed by atoms with Gasteiger partial charge in [0, 0.05) is 5.41 Å². The lowest BCUT2D eigenvalue weighted by atomic mass is 9.91. The van der Waals surface area contributed by atoms with Gasteiger partial charge in [-0.1, -0.05) is 20.8 Å². The SMILES string of the molecule is Cc1cc(C(C)(C)C)nc2c1OCCO2. The van der Waals surface area contributed by atoms with Crippen LogP contribution in [0.2, 0.25) is 0 Å². The maximum Gasteiger partial charge on any atom is 0.257 e. The van der Waals surface area contributed by atoms with Gasteiger partial charge in [-0.05, 0) is 18.6 Å². The Morgan fingerprint density at radius 2 is 1.87 bits per heavy atom. The fourth-order valence-corrected chi connectivity index (χ4v) is 1.57. The van der Waals surface area contributed by atoms with Crippen molar-refractivity contribution >= 4 is 0 Å². The highest BCUT2D eigenvalue weighted by Gasteiger charge is 2.22. The van der Waals surface area contributed by atoms with Crippen molar-refractivity contribution in [3.8, 4) is 11.6 Å². The minimum absolute atomic E-state index is 0.0423. The molecule has 0 spiro atoms. The Kier molecular flexibility index (Phi) is 2.33. The van der Waals surface area contributed by atoms with Crippen LogP contribution in [0.3, 0.4) is 0 Å². The van der Waals surface area contributed by atoms with Gasteiger partial charge in [-0.3, -0.25) is 0 Å². The summed E-state index contributed by atoms with van der Waals surface area (Å²) in [5, 5.41) is 0. The molecular weight excluding hydrogens is 190 g/mol. The second kappa shape index (κ2) is 3.40. The lowest BCUT2D eigenvalue weighted by molar-refractivity contribution is 0.162. The van der Waals surface area contributed by atoms with Crippen molar-refractivity contribution in [3.63, 3.8) is 0 Å². The predicted octanol–water partition coefficient (Wildman–Crippen LogP) is 2.46. The summed E-state index contributed by atoms with van der Waals surface area (Å²) in [5.74, 6) is 1.44. The van der Waals surface area contributed by atoms with E-state index in [0.29, 0.717) is 19.1 Å². The van der Waals surface area contributed by atoms with Crippen molar-refractivity contribution in [2.45, 2.75) is 33.1 Å². The van der Waals surface area contributed by atoms with Gasteiger partial charge in [0.2, 0.25) is 0 Å². The third-order valence-corrected chi connectivity index (χ3v) is 2.46. The number of rotatable bonds is 0. The number of hydrogen-bond donors (Lipinski definition) is 0. The Balaban J connectivity index is 2.50. The maximum atomic E-state index is 5.53. The Bertz CT molecular complexity index is 380. The Morgan fingerprint density at radius 3 is 2.53 bits per heavy atom. The van der Waals surface area contributed by atoms with Gasteiger partial charge >= 0.3 is 0 Å². The molecular formula is C12H17NO2. The summed E-state index contributed by atoms with van der Waals surface area (Å²) in [4.78, 5) is 4.50. The highest BCUT2D eigenvalue weighted by Crippen LogP contribution is 2.34. The van der Waals surface area contributed by atoms with Crippen molar-refractivity contribution in [2.75, 3.05) is 13.2 Å². The van der Waals surface area contributed by atoms with E-state index in [1.54, 1.807) is 0 Å². The molecule has 1 aromatic heterocycles. The van der Waals surface area contributed by atoms with E-state index in [9.17, 15) is 0 Å². The smallest absolute Gasteiger partial charge is 0.257 e. The average molecular weight is 207 g/mol. The van der Waals surface area contributed by atoms with Crippen LogP contribution < -0.4 is 9.47 Å². The van der Waals surface area contributed by atoms with E-state index in [1.807, 2.05) is 6.92 Å². The molecule has 15 heavy (non-hydrogen) atoms. The lowest BCUT2D eigenvalue weighted by Crippen LogP contribution is -2.20. The molecule has 1 aliphatic rings. The molecule has 2 heterocycles. The molecule has 82 valence electrons. The largest absolute Gasteiger partial charge is 0.484 e. The third kappa shape index (κ3) is 1.91. The highest BCUT2D eigenvalue weighted by molar-refractivity contribution is 5.44. The molecule has 0 atom stereocenters. The monoisotopic (exact) mass is 207 g/mol. The van der Waals surface area contributed by atoms with E-state index in [1.165, 1.54) is 0 Å². The first-order chi connectivity index (χ1) is 6.98. The van der Waals surface area contributed by atoms with E-state index >= 15 is 0 Å². The number of aryl methyl sites for hydroxylation is 1. The second-order valence-electron chi connectivity index (χ2n) is 4.91. The summed E-state index contributed by atoms with van der Waals surface area (Å²) in [6, 6.07) is 2.08. The zero-order chi connectivity index (χ0) is 11.1. The van der Waals surface area contributed by atoms with Gasteiger partial charge in [0.1, 0.15) is 13.2 Å². The minimum Gasteiger partial charge on any atom is -0.484 e. The lowest BCUT2D eigenvalue weighted by Gasteiger charge is -2.24. The fraction of sp³-hybridized carbons (Fsp3) is 0.583. The molecule has 0 saturated heterocycles. The summed E-state index contributed by atoms with van der Waals surface area (Å²) in [6.45, 7) is 9.67. The van der Waals surface area contributed by atoms with Crippen molar-refractivity contribution in [1.29, 1.82) is 0 Å². The van der Waals surface area contributed by atoms with E-state index in [0.717, 1.165) is 17.0 Å². The Morgan fingerprint density at radius 1 is 1.20 bits per heavy atom. The van der Waals surface area contributed by atoms with Gasteiger partial charge in [-0.2, -0.15) is 0 Å². The molecule has 0 aromatic carbocycles. The molecule has 1 aromatic rings. The quantitative estimate of drug-likeness (QED) is 0.655. The van der Waals surface area contributed by atoms with E-state index < -0.39 is 0 Å². The molecule has 0 radical (unpaired) electrons. The molecule has 0 N–H and O–H groups in total. The Hall–Kier alpha value is -1.25. The topological polar surface area (TPSA) is 31.4 Å². The van der Waals surface area contributed by atoms with Crippen LogP contribution >= 0.6 is 0 Å². The molecule has 1 aliphatic heterocycles. The molecule has 3 heteroatoms. The highest BCUT2D eigenvalue weighted by atomic mass is 16.6. The number of aromatic nitrogens is 1. The van der Waals surface area contributed by atoms with Crippen LogP contribution in [0.15, 0.2) is 6.07 Å². The van der Waals surface area contributed by atoms with Gasteiger partial charge in [0.15, 0.2) is 5.75 Å². The molecule has 0 saturated carbocycles. The normalized spacial score (nSPS) is 15.2. The second-order valence-corrected chi connectivity index (χ2v) is 4.91. The van der Waals surface area contributed by atoms with Crippen molar-refractivity contribution < 1.29 is 9.47 Å². The summed E-state index contributed by atoms with van der Waals surface area (Å²) in [7, 11) is 0. The number of ether oxygens (including phenoxy) is 2. The number of nitrogens with zero attached hydrogens (tertiary/aromatic N) is 1. The average Bonchev–Trinajstić information content (AvgIpc) is 2.16. The van der Waals surface area contributed by atoms with Gasteiger partial charge in [0.05, 0.1) is 5.69 Å². The van der Waals surface area contributed by atoms with E-state index in [4.69, 9.17) is 9.47 Å². The third-order valence-electron chi connectivity index (χ3n) is 2.46. The first-order valence-corrected chi connectivity index (χ1v) is 5.26. The van der Waals surface area contributed by atoms with Crippen molar-refractivity contribution in [1.82, 2.24) is 4.98 Å². The summed E-state index contributed by atoms with van der Waals surface area (Å²) >= 11 is 0. The molecule has 2 rings (SSSR count). The number of hydrogen-bond acceptors (Lipinski definition) is 3. The van der Waals surface area contributed by atoms with Crippen LogP contribution in [0.25, 0.3) is 0 Å². The predicted molar refractivity (Wildman–Crippen MR) is 58.7 cm³/mol. The Labute approximate surface area is 90.4 Å². The molecule has 0 fully saturated rings. The first-order valence-electron chi connectivity index (χ1n) is 5.26. The number of fused-ring (bicyclic) bond motifs is 1. The summed E-state index contributed by atoms with van der Waals surface area (Å²) in [6.07, 6.45) is 0. The summed E-state index contributed by atoms with van der Waals surface area (Å²) in [5.41, 5.74) is 2.19. The van der Waals surface area contributed by atoms with Gasteiger partial charge in [0.25, 0.3) is 5.88 Å². The molecule has 0 amide bonds. The van der Waals surface area contributed by atoms with Crippen LogP contribution in [-0.2, 0) is 5.41 Å². The first kappa shape index (κ1) is 10.3. The van der Waals surface area contributed by atoms with Crippen LogP contribution in [0.5, 0.6) is 11.6 Å². The van der Waals surface area contributed by atoms with E-state index in [-0.39, 0.29) is 5.41 Å². The molecule has 0 aliphatic carbocycles. The molecule has 3 nitrogen and oxygen atoms in total. The zero-order valence-corrected chi connectivity index (χ0v) is 9.76. The molecule has 0 unspecified atom stereocenters. The number of pyridine rings is 1. The summed E-state index contributed by atoms with van der Waals surface area (Å²) < 4.78 is 11.0. The van der Waals surface area contributed by atoms with Crippen LogP contribution in [0.4, 0.5) is 0 Å². The molecule has 0 bridgehead atoms. The fourth-order valence-electron chi connectivity index (χ4n) is 1.57. The minimum atomic E-state index is 0.0423. The van der Waals surface area contributed by atoms with Crippen LogP contribution in [0, 0.1) is 6.92 Å². The van der Waals surface area contributed by atoms with Gasteiger partial charge in [-0.25, -0.2) is 4.98 Å². The van der Waals surface area contributed by atoms with Crippen LogP contribution in [-0.4, -0.2) is 18.2 Å².